The molecule has 0 spiro atoms. The number of nitriles is 1. The predicted octanol–water partition coefficient (Wildman–Crippen LogP) is 5.35. The van der Waals surface area contributed by atoms with Crippen molar-refractivity contribution in [3.63, 3.8) is 0 Å². The fraction of sp³-hybridized carbons (Fsp3) is 0.154. The maximum atomic E-state index is 13.7. The highest BCUT2D eigenvalue weighted by Crippen LogP contribution is 2.33. The topological polar surface area (TPSA) is 105 Å². The molecule has 0 aliphatic rings. The number of hydrogen-bond acceptors (Lipinski definition) is 5. The molecule has 7 nitrogen and oxygen atoms in total. The number of aromatic nitrogens is 2. The zero-order chi connectivity index (χ0) is 24.9. The van der Waals surface area contributed by atoms with E-state index in [1.165, 1.54) is 12.1 Å². The molecule has 1 N–H and O–H groups in total. The van der Waals surface area contributed by atoms with Gasteiger partial charge in [0, 0.05) is 22.8 Å². The molecule has 5 rings (SSSR count). The Bertz CT molecular complexity index is 1860. The highest BCUT2D eigenvalue weighted by atomic mass is 32.3. The third kappa shape index (κ3) is 3.82. The number of pyridine rings is 1. The summed E-state index contributed by atoms with van der Waals surface area (Å²) in [5.41, 5.74) is 4.75. The Morgan fingerprint density at radius 1 is 1.09 bits per heavy atom. The van der Waals surface area contributed by atoms with Gasteiger partial charge in [-0.25, -0.2) is 0 Å². The number of aryl methyl sites for hydroxylation is 2. The van der Waals surface area contributed by atoms with E-state index in [2.05, 4.69) is 15.2 Å². The highest BCUT2D eigenvalue weighted by molar-refractivity contribution is 7.81. The normalized spacial score (nSPS) is 11.8. The van der Waals surface area contributed by atoms with Gasteiger partial charge in [0.05, 0.1) is 22.5 Å². The van der Waals surface area contributed by atoms with Gasteiger partial charge >= 0.3 is 10.5 Å². The average Bonchev–Trinajstić information content (AvgIpc) is 3.21. The van der Waals surface area contributed by atoms with E-state index < -0.39 is 10.5 Å². The van der Waals surface area contributed by atoms with Crippen LogP contribution in [0.3, 0.4) is 0 Å². The summed E-state index contributed by atoms with van der Waals surface area (Å²) in [6.07, 6.45) is 0.612. The van der Waals surface area contributed by atoms with Gasteiger partial charge in [-0.15, -0.1) is 0 Å². The molecular weight excluding hydrogens is 469 g/mol. The van der Waals surface area contributed by atoms with Crippen molar-refractivity contribution in [3.05, 3.63) is 75.9 Å². The van der Waals surface area contributed by atoms with Gasteiger partial charge in [0.1, 0.15) is 11.4 Å². The van der Waals surface area contributed by atoms with Crippen LogP contribution in [0.1, 0.15) is 25.0 Å². The molecule has 0 bridgehead atoms. The maximum Gasteiger partial charge on any atom is 0.488 e. The van der Waals surface area contributed by atoms with E-state index in [4.69, 9.17) is 0 Å². The lowest BCUT2D eigenvalue weighted by Crippen LogP contribution is -2.11. The summed E-state index contributed by atoms with van der Waals surface area (Å²) in [5, 5.41) is 11.1. The van der Waals surface area contributed by atoms with Crippen LogP contribution in [0, 0.1) is 11.3 Å². The minimum absolute atomic E-state index is 0.113. The quantitative estimate of drug-likeness (QED) is 0.335. The molecule has 0 aliphatic carbocycles. The largest absolute Gasteiger partial charge is 0.488 e. The number of benzene rings is 3. The Hall–Kier alpha value is -4.16. The second kappa shape index (κ2) is 8.25. The zero-order valence-electron chi connectivity index (χ0n) is 18.9. The van der Waals surface area contributed by atoms with Crippen LogP contribution in [0.4, 0.5) is 3.89 Å². The number of nitrogens with one attached hydrogen (secondary N) is 1. The molecule has 0 amide bonds. The molecule has 0 unspecified atom stereocenters. The van der Waals surface area contributed by atoms with E-state index in [-0.39, 0.29) is 11.2 Å². The van der Waals surface area contributed by atoms with Gasteiger partial charge in [-0.2, -0.15) is 13.7 Å². The van der Waals surface area contributed by atoms with E-state index >= 15 is 0 Å². The van der Waals surface area contributed by atoms with Gasteiger partial charge in [0.2, 0.25) is 0 Å². The number of H-pyrrole nitrogens is 1. The lowest BCUT2D eigenvalue weighted by Gasteiger charge is -2.16. The molecule has 0 saturated heterocycles. The molecule has 0 atom stereocenters. The summed E-state index contributed by atoms with van der Waals surface area (Å²) in [6.45, 7) is 4.51. The average molecular weight is 490 g/mol. The van der Waals surface area contributed by atoms with Crippen LogP contribution < -0.4 is 9.61 Å². The molecule has 3 aromatic carbocycles. The van der Waals surface area contributed by atoms with Gasteiger partial charge in [0.15, 0.2) is 5.43 Å². The number of aromatic amines is 1. The third-order valence-electron chi connectivity index (χ3n) is 6.20. The van der Waals surface area contributed by atoms with Crippen molar-refractivity contribution in [3.8, 4) is 22.9 Å². The van der Waals surface area contributed by atoms with Crippen molar-refractivity contribution < 1.29 is 16.5 Å². The Morgan fingerprint density at radius 3 is 2.57 bits per heavy atom. The second-order valence-corrected chi connectivity index (χ2v) is 9.13. The fourth-order valence-corrected chi connectivity index (χ4v) is 5.03. The summed E-state index contributed by atoms with van der Waals surface area (Å²) in [7, 11) is -5.15. The molecule has 0 aliphatic heterocycles. The number of hydrogen-bond donors (Lipinski definition) is 1. The van der Waals surface area contributed by atoms with Crippen molar-refractivity contribution in [2.24, 2.45) is 0 Å². The molecule has 5 aromatic rings. The van der Waals surface area contributed by atoms with Crippen LogP contribution in [0.25, 0.3) is 44.0 Å². The summed E-state index contributed by atoms with van der Waals surface area (Å²) >= 11 is 0. The predicted molar refractivity (Wildman–Crippen MR) is 133 cm³/mol. The van der Waals surface area contributed by atoms with Crippen molar-refractivity contribution in [1.82, 2.24) is 9.55 Å². The zero-order valence-corrected chi connectivity index (χ0v) is 19.7. The molecule has 0 saturated carbocycles. The Morgan fingerprint density at radius 2 is 1.89 bits per heavy atom. The SMILES string of the molecule is CCc1cc2c(=O)c3c4ccc(C#N)cc4[nH]c3n(CC)c2cc1-c1cccc(OS(=O)(=O)F)c1. The molecule has 0 radical (unpaired) electrons. The van der Waals surface area contributed by atoms with Gasteiger partial charge in [-0.3, -0.25) is 4.79 Å². The van der Waals surface area contributed by atoms with Crippen molar-refractivity contribution in [1.29, 1.82) is 5.26 Å². The van der Waals surface area contributed by atoms with Crippen LogP contribution in [-0.2, 0) is 23.5 Å². The number of halogens is 1. The summed E-state index contributed by atoms with van der Waals surface area (Å²) < 4.78 is 41.4. The first-order valence-electron chi connectivity index (χ1n) is 11.0. The van der Waals surface area contributed by atoms with E-state index in [9.17, 15) is 22.4 Å². The lowest BCUT2D eigenvalue weighted by atomic mass is 9.95. The van der Waals surface area contributed by atoms with Gasteiger partial charge in [-0.1, -0.05) is 29.0 Å². The highest BCUT2D eigenvalue weighted by Gasteiger charge is 2.19. The van der Waals surface area contributed by atoms with Crippen molar-refractivity contribution >= 4 is 43.3 Å². The van der Waals surface area contributed by atoms with Crippen LogP contribution >= 0.6 is 0 Å². The first-order valence-corrected chi connectivity index (χ1v) is 12.3. The monoisotopic (exact) mass is 489 g/mol. The summed E-state index contributed by atoms with van der Waals surface area (Å²) in [6, 6.07) is 17.3. The molecule has 9 heteroatoms. The molecular formula is C26H20FN3O4S. The van der Waals surface area contributed by atoms with Gasteiger partial charge in [-0.05, 0) is 66.4 Å². The van der Waals surface area contributed by atoms with E-state index in [0.717, 1.165) is 16.5 Å². The molecule has 35 heavy (non-hydrogen) atoms. The number of nitrogens with zero attached hydrogens (tertiary/aromatic N) is 2. The molecule has 2 aromatic heterocycles. The standard InChI is InChI=1S/C26H20FN3O4S/c1-3-16-12-21-23(13-20(16)17-6-5-7-18(11-17)34-35(27,32)33)30(4-2)26-24(25(21)31)19-9-8-15(14-28)10-22(19)29-26/h5-13,29H,3-4H2,1-2H3. The van der Waals surface area contributed by atoms with Gasteiger partial charge in [0.25, 0.3) is 0 Å². The van der Waals surface area contributed by atoms with Gasteiger partial charge < -0.3 is 13.7 Å². The van der Waals surface area contributed by atoms with Crippen LogP contribution in [0.15, 0.2) is 59.4 Å². The Balaban J connectivity index is 1.84. The van der Waals surface area contributed by atoms with E-state index in [1.807, 2.05) is 30.5 Å². The third-order valence-corrected chi connectivity index (χ3v) is 6.59. The number of fused-ring (bicyclic) bond motifs is 4. The molecule has 2 heterocycles. The smallest absolute Gasteiger partial charge is 0.358 e. The minimum atomic E-state index is -5.15. The summed E-state index contributed by atoms with van der Waals surface area (Å²) in [4.78, 5) is 17.0. The minimum Gasteiger partial charge on any atom is -0.358 e. The van der Waals surface area contributed by atoms with Crippen LogP contribution in [0.2, 0.25) is 0 Å². The van der Waals surface area contributed by atoms with E-state index in [1.54, 1.807) is 30.3 Å². The second-order valence-electron chi connectivity index (χ2n) is 8.18. The number of rotatable bonds is 5. The van der Waals surface area contributed by atoms with Crippen LogP contribution in [0.5, 0.6) is 5.75 Å². The lowest BCUT2D eigenvalue weighted by molar-refractivity contribution is 0.440. The first kappa shape index (κ1) is 22.6. The summed E-state index contributed by atoms with van der Waals surface area (Å²) in [5.74, 6) is -0.139. The van der Waals surface area contributed by atoms with Crippen molar-refractivity contribution in [2.45, 2.75) is 26.8 Å². The molecule has 0 fully saturated rings. The molecule has 176 valence electrons. The Kier molecular flexibility index (Phi) is 5.33. The van der Waals surface area contributed by atoms with E-state index in [0.29, 0.717) is 51.5 Å². The maximum absolute atomic E-state index is 13.7. The first-order chi connectivity index (χ1) is 16.7. The van der Waals surface area contributed by atoms with Crippen LogP contribution in [-0.4, -0.2) is 18.0 Å². The fourth-order valence-electron chi connectivity index (χ4n) is 4.70. The van der Waals surface area contributed by atoms with Crippen molar-refractivity contribution in [2.75, 3.05) is 0 Å². The Labute approximate surface area is 200 Å².